The van der Waals surface area contributed by atoms with Gasteiger partial charge >= 0.3 is 0 Å². The Morgan fingerprint density at radius 2 is 1.73 bits per heavy atom. The number of rotatable bonds is 3. The number of carbonyl (C=O) groups excluding carboxylic acids is 1. The van der Waals surface area contributed by atoms with Crippen LogP contribution < -0.4 is 5.32 Å². The first kappa shape index (κ1) is 16.1. The van der Waals surface area contributed by atoms with E-state index in [1.54, 1.807) is 0 Å². The molecular weight excluding hydrogens is 322 g/mol. The second kappa shape index (κ2) is 6.48. The summed E-state index contributed by atoms with van der Waals surface area (Å²) in [7, 11) is 0. The molecule has 2 aromatic heterocycles. The lowest BCUT2D eigenvalue weighted by molar-refractivity contribution is 0.102. The number of hydrogen-bond acceptors (Lipinski definition) is 2. The monoisotopic (exact) mass is 341 g/mol. The van der Waals surface area contributed by atoms with Crippen LogP contribution in [0.2, 0.25) is 0 Å². The van der Waals surface area contributed by atoms with E-state index in [0.717, 1.165) is 33.7 Å². The quantitative estimate of drug-likeness (QED) is 0.578. The number of aryl methyl sites for hydroxylation is 2. The zero-order chi connectivity index (χ0) is 18.1. The SMILES string of the molecule is Cc1ccc(C(=O)Nc2ccccc2-c2cn3cccc(C)c3n2)cc1. The fraction of sp³-hybridized carbons (Fsp3) is 0.0909. The smallest absolute Gasteiger partial charge is 0.255 e. The topological polar surface area (TPSA) is 46.4 Å². The van der Waals surface area contributed by atoms with Crippen molar-refractivity contribution in [1.29, 1.82) is 0 Å². The maximum Gasteiger partial charge on any atom is 0.255 e. The number of imidazole rings is 1. The highest BCUT2D eigenvalue weighted by atomic mass is 16.1. The zero-order valence-corrected chi connectivity index (χ0v) is 14.7. The van der Waals surface area contributed by atoms with Crippen molar-refractivity contribution in [2.24, 2.45) is 0 Å². The Labute approximate surface area is 152 Å². The first-order valence-electron chi connectivity index (χ1n) is 8.53. The van der Waals surface area contributed by atoms with Crippen molar-refractivity contribution in [2.75, 3.05) is 5.32 Å². The van der Waals surface area contributed by atoms with Crippen LogP contribution in [0.1, 0.15) is 21.5 Å². The standard InChI is InChI=1S/C22H19N3O/c1-15-9-11-17(12-10-15)22(26)24-19-8-4-3-7-18(19)20-14-25-13-5-6-16(2)21(25)23-20/h3-14H,1-2H3,(H,24,26). The highest BCUT2D eigenvalue weighted by molar-refractivity contribution is 6.06. The number of benzene rings is 2. The number of fused-ring (bicyclic) bond motifs is 1. The third-order valence-electron chi connectivity index (χ3n) is 4.44. The summed E-state index contributed by atoms with van der Waals surface area (Å²) in [6, 6.07) is 19.3. The molecule has 4 rings (SSSR count). The van der Waals surface area contributed by atoms with E-state index in [-0.39, 0.29) is 5.91 Å². The summed E-state index contributed by atoms with van der Waals surface area (Å²) in [5.74, 6) is -0.127. The van der Waals surface area contributed by atoms with Crippen molar-refractivity contribution in [2.45, 2.75) is 13.8 Å². The molecule has 1 N–H and O–H groups in total. The van der Waals surface area contributed by atoms with Gasteiger partial charge in [0, 0.05) is 23.5 Å². The number of pyridine rings is 1. The van der Waals surface area contributed by atoms with Crippen LogP contribution in [0, 0.1) is 13.8 Å². The molecule has 0 aliphatic carbocycles. The molecule has 0 spiro atoms. The molecule has 0 radical (unpaired) electrons. The molecule has 0 bridgehead atoms. The normalized spacial score (nSPS) is 10.8. The van der Waals surface area contributed by atoms with E-state index in [0.29, 0.717) is 5.56 Å². The van der Waals surface area contributed by atoms with Crippen LogP contribution in [0.4, 0.5) is 5.69 Å². The van der Waals surface area contributed by atoms with E-state index in [1.165, 1.54) is 0 Å². The molecule has 1 amide bonds. The number of amides is 1. The minimum atomic E-state index is -0.127. The number of nitrogens with zero attached hydrogens (tertiary/aromatic N) is 2. The van der Waals surface area contributed by atoms with Gasteiger partial charge in [-0.05, 0) is 43.7 Å². The van der Waals surface area contributed by atoms with E-state index in [9.17, 15) is 4.79 Å². The molecule has 0 unspecified atom stereocenters. The fourth-order valence-corrected chi connectivity index (χ4v) is 3.00. The largest absolute Gasteiger partial charge is 0.321 e. The molecule has 4 aromatic rings. The Bertz CT molecular complexity index is 1090. The number of anilines is 1. The Morgan fingerprint density at radius 3 is 2.50 bits per heavy atom. The fourth-order valence-electron chi connectivity index (χ4n) is 3.00. The maximum atomic E-state index is 12.6. The summed E-state index contributed by atoms with van der Waals surface area (Å²) < 4.78 is 2.00. The lowest BCUT2D eigenvalue weighted by Crippen LogP contribution is -2.12. The molecule has 0 aliphatic rings. The summed E-state index contributed by atoms with van der Waals surface area (Å²) in [6.07, 6.45) is 3.96. The van der Waals surface area contributed by atoms with Gasteiger partial charge in [0.25, 0.3) is 5.91 Å². The van der Waals surface area contributed by atoms with Gasteiger partial charge in [0.15, 0.2) is 0 Å². The second-order valence-electron chi connectivity index (χ2n) is 6.41. The predicted molar refractivity (Wildman–Crippen MR) is 104 cm³/mol. The highest BCUT2D eigenvalue weighted by Crippen LogP contribution is 2.28. The van der Waals surface area contributed by atoms with Crippen molar-refractivity contribution in [3.8, 4) is 11.3 Å². The van der Waals surface area contributed by atoms with Crippen LogP contribution in [0.5, 0.6) is 0 Å². The third-order valence-corrected chi connectivity index (χ3v) is 4.44. The molecule has 2 aromatic carbocycles. The molecule has 0 atom stereocenters. The van der Waals surface area contributed by atoms with Crippen molar-refractivity contribution in [1.82, 2.24) is 9.38 Å². The van der Waals surface area contributed by atoms with Crippen LogP contribution in [0.25, 0.3) is 16.9 Å². The molecule has 0 fully saturated rings. The van der Waals surface area contributed by atoms with Gasteiger partial charge in [0.1, 0.15) is 5.65 Å². The summed E-state index contributed by atoms with van der Waals surface area (Å²) in [5, 5.41) is 3.02. The van der Waals surface area contributed by atoms with Gasteiger partial charge < -0.3 is 9.72 Å². The van der Waals surface area contributed by atoms with Crippen molar-refractivity contribution < 1.29 is 4.79 Å². The number of aromatic nitrogens is 2. The van der Waals surface area contributed by atoms with Crippen molar-refractivity contribution in [3.63, 3.8) is 0 Å². The third kappa shape index (κ3) is 2.97. The van der Waals surface area contributed by atoms with E-state index >= 15 is 0 Å². The molecule has 128 valence electrons. The lowest BCUT2D eigenvalue weighted by atomic mass is 10.1. The van der Waals surface area contributed by atoms with Crippen LogP contribution >= 0.6 is 0 Å². The molecule has 0 aliphatic heterocycles. The molecule has 26 heavy (non-hydrogen) atoms. The first-order valence-corrected chi connectivity index (χ1v) is 8.53. The van der Waals surface area contributed by atoms with Crippen molar-refractivity contribution in [3.05, 3.63) is 89.7 Å². The summed E-state index contributed by atoms with van der Waals surface area (Å²) in [4.78, 5) is 17.3. The lowest BCUT2D eigenvalue weighted by Gasteiger charge is -2.09. The summed E-state index contributed by atoms with van der Waals surface area (Å²) in [5.41, 5.74) is 6.27. The molecule has 0 saturated heterocycles. The Morgan fingerprint density at radius 1 is 0.962 bits per heavy atom. The summed E-state index contributed by atoms with van der Waals surface area (Å²) >= 11 is 0. The van der Waals surface area contributed by atoms with Gasteiger partial charge in [-0.2, -0.15) is 0 Å². The number of hydrogen-bond donors (Lipinski definition) is 1. The summed E-state index contributed by atoms with van der Waals surface area (Å²) in [6.45, 7) is 4.04. The van der Waals surface area contributed by atoms with Crippen LogP contribution in [-0.2, 0) is 0 Å². The van der Waals surface area contributed by atoms with Crippen LogP contribution in [0.15, 0.2) is 73.1 Å². The van der Waals surface area contributed by atoms with Crippen LogP contribution in [0.3, 0.4) is 0 Å². The first-order chi connectivity index (χ1) is 12.6. The molecular formula is C22H19N3O. The van der Waals surface area contributed by atoms with Gasteiger partial charge in [-0.1, -0.05) is 42.0 Å². The van der Waals surface area contributed by atoms with E-state index in [1.807, 2.05) is 91.3 Å². The van der Waals surface area contributed by atoms with Gasteiger partial charge in [-0.25, -0.2) is 4.98 Å². The zero-order valence-electron chi connectivity index (χ0n) is 14.7. The Kier molecular flexibility index (Phi) is 4.01. The van der Waals surface area contributed by atoms with E-state index < -0.39 is 0 Å². The minimum absolute atomic E-state index is 0.127. The minimum Gasteiger partial charge on any atom is -0.321 e. The van der Waals surface area contributed by atoms with E-state index in [4.69, 9.17) is 4.98 Å². The van der Waals surface area contributed by atoms with Gasteiger partial charge in [0.05, 0.1) is 11.4 Å². The van der Waals surface area contributed by atoms with Crippen molar-refractivity contribution >= 4 is 17.2 Å². The average Bonchev–Trinajstić information content (AvgIpc) is 3.08. The average molecular weight is 341 g/mol. The Balaban J connectivity index is 1.71. The second-order valence-corrected chi connectivity index (χ2v) is 6.41. The predicted octanol–water partition coefficient (Wildman–Crippen LogP) is 4.87. The number of para-hydroxylation sites is 1. The van der Waals surface area contributed by atoms with E-state index in [2.05, 4.69) is 5.32 Å². The van der Waals surface area contributed by atoms with Gasteiger partial charge in [-0.15, -0.1) is 0 Å². The van der Waals surface area contributed by atoms with Crippen LogP contribution in [-0.4, -0.2) is 15.3 Å². The highest BCUT2D eigenvalue weighted by Gasteiger charge is 2.13. The van der Waals surface area contributed by atoms with Gasteiger partial charge in [-0.3, -0.25) is 4.79 Å². The Hall–Kier alpha value is -3.40. The molecule has 4 nitrogen and oxygen atoms in total. The van der Waals surface area contributed by atoms with Gasteiger partial charge in [0.2, 0.25) is 0 Å². The maximum absolute atomic E-state index is 12.6. The molecule has 2 heterocycles. The number of nitrogens with one attached hydrogen (secondary N) is 1. The molecule has 4 heteroatoms. The number of carbonyl (C=O) groups is 1. The molecule has 0 saturated carbocycles.